The van der Waals surface area contributed by atoms with E-state index in [1.54, 1.807) is 12.1 Å². The molecule has 1 aliphatic heterocycles. The number of imidazole rings is 1. The van der Waals surface area contributed by atoms with E-state index < -0.39 is 15.9 Å². The van der Waals surface area contributed by atoms with Gasteiger partial charge in [-0.3, -0.25) is 15.1 Å². The van der Waals surface area contributed by atoms with Gasteiger partial charge in [0.15, 0.2) is 5.82 Å². The number of H-pyrrole nitrogens is 1. The SMILES string of the molecule is Cc1ccc(S(=O)(=O)n2ccc(C(=O)N/C(=C/N)C(=N)c3nc4cc(CN5CCOCC5)ccc4[nH]3)c2)cc1. The molecule has 39 heavy (non-hydrogen) atoms. The minimum atomic E-state index is -3.86. The number of aromatic amines is 1. The molecule has 0 saturated carbocycles. The molecular formula is C27H29N7O4S. The normalized spacial score (nSPS) is 14.9. The van der Waals surface area contributed by atoms with Crippen LogP contribution >= 0.6 is 0 Å². The molecule has 11 nitrogen and oxygen atoms in total. The molecule has 2 aromatic heterocycles. The molecule has 0 bridgehead atoms. The van der Waals surface area contributed by atoms with Crippen molar-refractivity contribution in [3.8, 4) is 0 Å². The van der Waals surface area contributed by atoms with Gasteiger partial charge in [0, 0.05) is 38.2 Å². The Bertz CT molecular complexity index is 1660. The first-order chi connectivity index (χ1) is 18.7. The second-order valence-corrected chi connectivity index (χ2v) is 11.1. The molecular weight excluding hydrogens is 518 g/mol. The minimum absolute atomic E-state index is 0.0294. The number of hydrogen-bond acceptors (Lipinski definition) is 8. The Hall–Kier alpha value is -4.26. The van der Waals surface area contributed by atoms with Crippen LogP contribution in [0.3, 0.4) is 0 Å². The van der Waals surface area contributed by atoms with Crippen molar-refractivity contribution in [1.82, 2.24) is 24.2 Å². The average molecular weight is 548 g/mol. The van der Waals surface area contributed by atoms with Crippen molar-refractivity contribution in [2.75, 3.05) is 26.3 Å². The first kappa shape index (κ1) is 26.4. The predicted octanol–water partition coefficient (Wildman–Crippen LogP) is 2.34. The Morgan fingerprint density at radius 3 is 2.64 bits per heavy atom. The zero-order chi connectivity index (χ0) is 27.6. The third kappa shape index (κ3) is 5.62. The zero-order valence-corrected chi connectivity index (χ0v) is 22.2. The van der Waals surface area contributed by atoms with Crippen LogP contribution in [0.1, 0.15) is 27.3 Å². The lowest BCUT2D eigenvalue weighted by Gasteiger charge is -2.26. The van der Waals surface area contributed by atoms with E-state index in [1.165, 1.54) is 30.6 Å². The van der Waals surface area contributed by atoms with Gasteiger partial charge in [-0.2, -0.15) is 0 Å². The Labute approximate surface area is 225 Å². The number of nitrogens with two attached hydrogens (primary N) is 1. The zero-order valence-electron chi connectivity index (χ0n) is 21.3. The van der Waals surface area contributed by atoms with E-state index >= 15 is 0 Å². The van der Waals surface area contributed by atoms with Crippen molar-refractivity contribution in [3.63, 3.8) is 0 Å². The van der Waals surface area contributed by atoms with Crippen LogP contribution in [0.2, 0.25) is 0 Å². The van der Waals surface area contributed by atoms with Crippen LogP contribution in [0.5, 0.6) is 0 Å². The Morgan fingerprint density at radius 1 is 1.18 bits per heavy atom. The molecule has 1 fully saturated rings. The molecule has 202 valence electrons. The van der Waals surface area contributed by atoms with Gasteiger partial charge in [0.25, 0.3) is 15.9 Å². The van der Waals surface area contributed by atoms with Crippen LogP contribution in [0, 0.1) is 12.3 Å². The molecule has 5 N–H and O–H groups in total. The number of rotatable bonds is 8. The van der Waals surface area contributed by atoms with E-state index in [9.17, 15) is 13.2 Å². The third-order valence-corrected chi connectivity index (χ3v) is 8.15. The fourth-order valence-corrected chi connectivity index (χ4v) is 5.48. The van der Waals surface area contributed by atoms with E-state index in [4.69, 9.17) is 15.9 Å². The number of allylic oxidation sites excluding steroid dienone is 1. The van der Waals surface area contributed by atoms with E-state index in [-0.39, 0.29) is 27.7 Å². The fourth-order valence-electron chi connectivity index (χ4n) is 4.29. The van der Waals surface area contributed by atoms with Gasteiger partial charge in [-0.25, -0.2) is 17.4 Å². The van der Waals surface area contributed by atoms with E-state index in [0.717, 1.165) is 59.7 Å². The summed E-state index contributed by atoms with van der Waals surface area (Å²) in [5.74, 6) is -0.372. The summed E-state index contributed by atoms with van der Waals surface area (Å²) in [7, 11) is -3.86. The molecule has 0 atom stereocenters. The third-order valence-electron chi connectivity index (χ3n) is 6.50. The monoisotopic (exact) mass is 547 g/mol. The second kappa shape index (κ2) is 10.8. The average Bonchev–Trinajstić information content (AvgIpc) is 3.60. The summed E-state index contributed by atoms with van der Waals surface area (Å²) >= 11 is 0. The lowest BCUT2D eigenvalue weighted by atomic mass is 10.2. The van der Waals surface area contributed by atoms with Crippen molar-refractivity contribution >= 4 is 32.7 Å². The highest BCUT2D eigenvalue weighted by Crippen LogP contribution is 2.19. The summed E-state index contributed by atoms with van der Waals surface area (Å²) in [5, 5.41) is 11.2. The lowest BCUT2D eigenvalue weighted by Crippen LogP contribution is -2.35. The largest absolute Gasteiger partial charge is 0.403 e. The van der Waals surface area contributed by atoms with Crippen molar-refractivity contribution < 1.29 is 17.9 Å². The number of morpholine rings is 1. The molecule has 12 heteroatoms. The highest BCUT2D eigenvalue weighted by Gasteiger charge is 2.21. The first-order valence-corrected chi connectivity index (χ1v) is 13.8. The van der Waals surface area contributed by atoms with Gasteiger partial charge in [-0.15, -0.1) is 0 Å². The predicted molar refractivity (Wildman–Crippen MR) is 147 cm³/mol. The van der Waals surface area contributed by atoms with E-state index in [2.05, 4.69) is 20.2 Å². The van der Waals surface area contributed by atoms with Gasteiger partial charge in [-0.05, 0) is 42.8 Å². The van der Waals surface area contributed by atoms with Crippen LogP contribution in [-0.2, 0) is 21.3 Å². The van der Waals surface area contributed by atoms with Gasteiger partial charge in [0.05, 0.1) is 40.4 Å². The van der Waals surface area contributed by atoms with Crippen LogP contribution in [0.15, 0.2) is 77.7 Å². The van der Waals surface area contributed by atoms with Crippen LogP contribution in [-0.4, -0.2) is 65.2 Å². The summed E-state index contributed by atoms with van der Waals surface area (Å²) in [6.45, 7) is 5.84. The number of benzene rings is 2. The number of ether oxygens (including phenoxy) is 1. The van der Waals surface area contributed by atoms with E-state index in [1.807, 2.05) is 25.1 Å². The summed E-state index contributed by atoms with van der Waals surface area (Å²) in [6, 6.07) is 13.7. The molecule has 3 heterocycles. The van der Waals surface area contributed by atoms with Gasteiger partial charge >= 0.3 is 0 Å². The molecule has 5 rings (SSSR count). The summed E-state index contributed by atoms with van der Waals surface area (Å²) < 4.78 is 32.2. The van der Waals surface area contributed by atoms with Crippen LogP contribution in [0.4, 0.5) is 0 Å². The molecule has 0 radical (unpaired) electrons. The molecule has 1 saturated heterocycles. The van der Waals surface area contributed by atoms with E-state index in [0.29, 0.717) is 5.52 Å². The second-order valence-electron chi connectivity index (χ2n) is 9.28. The van der Waals surface area contributed by atoms with Gasteiger partial charge in [0.1, 0.15) is 5.71 Å². The number of nitrogens with zero attached hydrogens (tertiary/aromatic N) is 3. The fraction of sp³-hybridized carbons (Fsp3) is 0.222. The quantitative estimate of drug-likeness (QED) is 0.246. The highest BCUT2D eigenvalue weighted by molar-refractivity contribution is 7.90. The van der Waals surface area contributed by atoms with Gasteiger partial charge < -0.3 is 20.8 Å². The van der Waals surface area contributed by atoms with Crippen LogP contribution < -0.4 is 11.1 Å². The number of aryl methyl sites for hydroxylation is 1. The topological polar surface area (TPSA) is 159 Å². The number of amides is 1. The Kier molecular flexibility index (Phi) is 7.33. The standard InChI is InChI=1S/C27H29N7O4S/c1-18-2-5-21(6-3-18)39(36,37)34-9-8-20(17-34)27(35)32-24(15-28)25(29)26-30-22-7-4-19(14-23(22)31-26)16-33-10-12-38-13-11-33/h2-9,14-15,17,29H,10-13,16,28H2,1H3,(H,30,31)(H,32,35)/b24-15+,29-25?. The molecule has 1 aliphatic rings. The van der Waals surface area contributed by atoms with Crippen molar-refractivity contribution in [2.45, 2.75) is 18.4 Å². The summed E-state index contributed by atoms with van der Waals surface area (Å²) in [6.07, 6.45) is 3.63. The van der Waals surface area contributed by atoms with Crippen molar-refractivity contribution in [3.05, 3.63) is 95.3 Å². The Morgan fingerprint density at radius 2 is 1.92 bits per heavy atom. The number of fused-ring (bicyclic) bond motifs is 1. The van der Waals surface area contributed by atoms with Crippen LogP contribution in [0.25, 0.3) is 11.0 Å². The Balaban J connectivity index is 1.29. The lowest BCUT2D eigenvalue weighted by molar-refractivity contribution is 0.0342. The maximum Gasteiger partial charge on any atom is 0.267 e. The number of hydrogen-bond donors (Lipinski definition) is 4. The van der Waals surface area contributed by atoms with Gasteiger partial charge in [-0.1, -0.05) is 23.8 Å². The maximum absolute atomic E-state index is 12.9. The molecule has 4 aromatic rings. The summed E-state index contributed by atoms with van der Waals surface area (Å²) in [4.78, 5) is 23.0. The van der Waals surface area contributed by atoms with Gasteiger partial charge in [0.2, 0.25) is 0 Å². The highest BCUT2D eigenvalue weighted by atomic mass is 32.2. The first-order valence-electron chi connectivity index (χ1n) is 12.4. The van der Waals surface area contributed by atoms with Crippen molar-refractivity contribution in [2.24, 2.45) is 5.73 Å². The number of carbonyl (C=O) groups is 1. The molecule has 1 amide bonds. The molecule has 0 spiro atoms. The number of nitrogens with one attached hydrogen (secondary N) is 3. The maximum atomic E-state index is 12.9. The summed E-state index contributed by atoms with van der Waals surface area (Å²) in [5.41, 5.74) is 9.24. The smallest absolute Gasteiger partial charge is 0.267 e. The number of carbonyl (C=O) groups excluding carboxylic acids is 1. The molecule has 0 aliphatic carbocycles. The number of aromatic nitrogens is 3. The van der Waals surface area contributed by atoms with Crippen molar-refractivity contribution in [1.29, 1.82) is 5.41 Å². The molecule has 0 unspecified atom stereocenters. The molecule has 2 aromatic carbocycles. The minimum Gasteiger partial charge on any atom is -0.403 e.